The van der Waals surface area contributed by atoms with E-state index in [1.807, 2.05) is 0 Å². The second-order valence-electron chi connectivity index (χ2n) is 7.16. The monoisotopic (exact) mass is 398 g/mol. The molecule has 4 rings (SSSR count). The number of hydrogen-bond acceptors (Lipinski definition) is 4. The highest BCUT2D eigenvalue weighted by Gasteiger charge is 2.22. The molecule has 2 aromatic heterocycles. The van der Waals surface area contributed by atoms with Gasteiger partial charge in [-0.2, -0.15) is 0 Å². The Kier molecular flexibility index (Phi) is 5.83. The Bertz CT molecular complexity index is 907. The van der Waals surface area contributed by atoms with Gasteiger partial charge in [-0.1, -0.05) is 6.07 Å². The number of thiophene rings is 1. The molecule has 1 fully saturated rings. The summed E-state index contributed by atoms with van der Waals surface area (Å²) in [6, 6.07) is 10.3. The van der Waals surface area contributed by atoms with Crippen LogP contribution in [0.4, 0.5) is 4.39 Å². The minimum Gasteiger partial charge on any atom is -0.350 e. The molecule has 1 N–H and O–H groups in total. The number of carbonyl (C=O) groups excluding carboxylic acids is 1. The number of likely N-dealkylation sites (tertiary alicyclic amines) is 1. The number of benzene rings is 1. The van der Waals surface area contributed by atoms with Crippen molar-refractivity contribution in [2.75, 3.05) is 19.6 Å². The molecule has 28 heavy (non-hydrogen) atoms. The Morgan fingerprint density at radius 2 is 2.14 bits per heavy atom. The predicted octanol–water partition coefficient (Wildman–Crippen LogP) is 3.71. The average molecular weight is 399 g/mol. The zero-order valence-electron chi connectivity index (χ0n) is 15.6. The molecule has 0 bridgehead atoms. The van der Waals surface area contributed by atoms with Gasteiger partial charge in [0.05, 0.1) is 12.5 Å². The maximum Gasteiger partial charge on any atom is 0.269 e. The van der Waals surface area contributed by atoms with Crippen LogP contribution in [0.2, 0.25) is 0 Å². The van der Waals surface area contributed by atoms with E-state index in [0.717, 1.165) is 32.5 Å². The number of carbonyl (C=O) groups is 1. The summed E-state index contributed by atoms with van der Waals surface area (Å²) in [6.07, 6.45) is 5.39. The van der Waals surface area contributed by atoms with Crippen molar-refractivity contribution in [1.29, 1.82) is 0 Å². The Morgan fingerprint density at radius 3 is 2.93 bits per heavy atom. The second kappa shape index (κ2) is 8.67. The summed E-state index contributed by atoms with van der Waals surface area (Å²) in [5, 5.41) is 5.17. The first-order valence-corrected chi connectivity index (χ1v) is 10.4. The fraction of sp³-hybridized carbons (Fsp3) is 0.333. The van der Waals surface area contributed by atoms with E-state index in [1.165, 1.54) is 17.0 Å². The van der Waals surface area contributed by atoms with Crippen molar-refractivity contribution in [2.45, 2.75) is 19.4 Å². The summed E-state index contributed by atoms with van der Waals surface area (Å²) < 4.78 is 14.8. The Labute approximate surface area is 167 Å². The molecule has 0 aliphatic carbocycles. The fourth-order valence-corrected chi connectivity index (χ4v) is 4.43. The Morgan fingerprint density at radius 1 is 1.29 bits per heavy atom. The topological polar surface area (TPSA) is 50.2 Å². The predicted molar refractivity (Wildman–Crippen MR) is 108 cm³/mol. The third kappa shape index (κ3) is 4.48. The highest BCUT2D eigenvalue weighted by molar-refractivity contribution is 7.09. The molecule has 3 heterocycles. The lowest BCUT2D eigenvalue weighted by molar-refractivity contribution is 0.0924. The van der Waals surface area contributed by atoms with Crippen molar-refractivity contribution in [3.05, 3.63) is 70.7 Å². The van der Waals surface area contributed by atoms with E-state index in [-0.39, 0.29) is 11.7 Å². The van der Waals surface area contributed by atoms with Crippen LogP contribution in [0.5, 0.6) is 0 Å². The van der Waals surface area contributed by atoms with Crippen LogP contribution < -0.4 is 5.32 Å². The molecule has 146 valence electrons. The highest BCUT2D eigenvalue weighted by Crippen LogP contribution is 2.20. The maximum absolute atomic E-state index is 13.2. The van der Waals surface area contributed by atoms with Gasteiger partial charge in [-0.25, -0.2) is 9.37 Å². The number of aromatic nitrogens is 2. The number of rotatable bonds is 6. The lowest BCUT2D eigenvalue weighted by Crippen LogP contribution is -2.40. The van der Waals surface area contributed by atoms with E-state index in [9.17, 15) is 9.18 Å². The summed E-state index contributed by atoms with van der Waals surface area (Å²) in [7, 11) is 0. The quantitative estimate of drug-likeness (QED) is 0.689. The molecule has 7 heteroatoms. The van der Waals surface area contributed by atoms with Gasteiger partial charge in [0.15, 0.2) is 0 Å². The van der Waals surface area contributed by atoms with Crippen molar-refractivity contribution >= 4 is 17.2 Å². The number of imidazole rings is 1. The Balaban J connectivity index is 1.34. The molecule has 1 atom stereocenters. The van der Waals surface area contributed by atoms with Crippen LogP contribution in [0.15, 0.2) is 54.3 Å². The van der Waals surface area contributed by atoms with Crippen LogP contribution >= 0.6 is 11.3 Å². The molecule has 3 aromatic rings. The highest BCUT2D eigenvalue weighted by atomic mass is 32.1. The molecule has 0 saturated carbocycles. The van der Waals surface area contributed by atoms with Gasteiger partial charge in [0.2, 0.25) is 0 Å². The maximum atomic E-state index is 13.2. The van der Waals surface area contributed by atoms with E-state index in [1.54, 1.807) is 40.6 Å². The standard InChI is InChI=1S/C21H23FN4OS/c22-17-5-7-18(8-6-17)26-15-23-12-20(26)21(27)24-11-16-3-1-9-25(13-16)14-19-4-2-10-28-19/h2,4-8,10,12,15-16H,1,3,9,11,13-14H2,(H,24,27). The van der Waals surface area contributed by atoms with E-state index < -0.39 is 0 Å². The first-order chi connectivity index (χ1) is 13.7. The first kappa shape index (κ1) is 18.8. The van der Waals surface area contributed by atoms with E-state index in [4.69, 9.17) is 0 Å². The summed E-state index contributed by atoms with van der Waals surface area (Å²) >= 11 is 1.79. The van der Waals surface area contributed by atoms with Gasteiger partial charge in [-0.3, -0.25) is 14.3 Å². The van der Waals surface area contributed by atoms with Crippen molar-refractivity contribution in [3.63, 3.8) is 0 Å². The molecule has 1 aliphatic heterocycles. The number of nitrogens with one attached hydrogen (secondary N) is 1. The first-order valence-electron chi connectivity index (χ1n) is 9.50. The Hall–Kier alpha value is -2.51. The van der Waals surface area contributed by atoms with E-state index >= 15 is 0 Å². The SMILES string of the molecule is O=C(NCC1CCCN(Cc2cccs2)C1)c1cncn1-c1ccc(F)cc1. The molecular weight excluding hydrogens is 375 g/mol. The van der Waals surface area contributed by atoms with Crippen molar-refractivity contribution in [2.24, 2.45) is 5.92 Å². The molecule has 1 unspecified atom stereocenters. The van der Waals surface area contributed by atoms with E-state index in [0.29, 0.717) is 23.8 Å². The van der Waals surface area contributed by atoms with Gasteiger partial charge in [0.25, 0.3) is 5.91 Å². The molecule has 0 radical (unpaired) electrons. The molecule has 5 nitrogen and oxygen atoms in total. The number of nitrogens with zero attached hydrogens (tertiary/aromatic N) is 3. The molecule has 1 amide bonds. The smallest absolute Gasteiger partial charge is 0.269 e. The zero-order valence-corrected chi connectivity index (χ0v) is 16.4. The van der Waals surface area contributed by atoms with E-state index in [2.05, 4.69) is 32.7 Å². The second-order valence-corrected chi connectivity index (χ2v) is 8.19. The molecule has 0 spiro atoms. The van der Waals surface area contributed by atoms with Crippen LogP contribution in [-0.2, 0) is 6.54 Å². The molecular formula is C21H23FN4OS. The summed E-state index contributed by atoms with van der Waals surface area (Å²) in [4.78, 5) is 20.6. The third-order valence-electron chi connectivity index (χ3n) is 5.09. The summed E-state index contributed by atoms with van der Waals surface area (Å²) in [5.74, 6) is -0.0173. The normalized spacial score (nSPS) is 17.5. The van der Waals surface area contributed by atoms with Gasteiger partial charge in [0.1, 0.15) is 11.5 Å². The van der Waals surface area contributed by atoms with Crippen LogP contribution in [-0.4, -0.2) is 40.0 Å². The summed E-state index contributed by atoms with van der Waals surface area (Å²) in [5.41, 5.74) is 1.17. The number of amides is 1. The minimum absolute atomic E-state index is 0.155. The van der Waals surface area contributed by atoms with Crippen LogP contribution in [0, 0.1) is 11.7 Å². The van der Waals surface area contributed by atoms with Gasteiger partial charge in [-0.15, -0.1) is 11.3 Å². The number of hydrogen-bond donors (Lipinski definition) is 1. The number of piperidine rings is 1. The zero-order chi connectivity index (χ0) is 19.3. The average Bonchev–Trinajstić information content (AvgIpc) is 3.39. The van der Waals surface area contributed by atoms with Gasteiger partial charge in [-0.05, 0) is 61.0 Å². The van der Waals surface area contributed by atoms with Crippen molar-refractivity contribution < 1.29 is 9.18 Å². The fourth-order valence-electron chi connectivity index (χ4n) is 3.68. The molecule has 1 aromatic carbocycles. The van der Waals surface area contributed by atoms with Crippen LogP contribution in [0.3, 0.4) is 0 Å². The van der Waals surface area contributed by atoms with Crippen molar-refractivity contribution in [1.82, 2.24) is 19.8 Å². The van der Waals surface area contributed by atoms with Crippen LogP contribution in [0.25, 0.3) is 5.69 Å². The molecule has 1 aliphatic rings. The lowest BCUT2D eigenvalue weighted by Gasteiger charge is -2.32. The lowest BCUT2D eigenvalue weighted by atomic mass is 9.98. The van der Waals surface area contributed by atoms with Gasteiger partial charge >= 0.3 is 0 Å². The minimum atomic E-state index is -0.306. The van der Waals surface area contributed by atoms with Gasteiger partial charge in [0, 0.05) is 30.2 Å². The van der Waals surface area contributed by atoms with Crippen LogP contribution in [0.1, 0.15) is 28.2 Å². The largest absolute Gasteiger partial charge is 0.350 e. The number of halogens is 1. The van der Waals surface area contributed by atoms with Gasteiger partial charge < -0.3 is 5.32 Å². The summed E-state index contributed by atoms with van der Waals surface area (Å²) in [6.45, 7) is 3.74. The molecule has 1 saturated heterocycles. The third-order valence-corrected chi connectivity index (χ3v) is 5.95. The van der Waals surface area contributed by atoms with Crippen molar-refractivity contribution in [3.8, 4) is 5.69 Å².